The normalized spacial score (nSPS) is 15.3. The Bertz CT molecular complexity index is 1010. The van der Waals surface area contributed by atoms with E-state index in [2.05, 4.69) is 55.3 Å². The zero-order valence-corrected chi connectivity index (χ0v) is 18.5. The molecule has 1 aliphatic heterocycles. The molecule has 0 saturated carbocycles. The molecular weight excluding hydrogens is 399 g/mol. The van der Waals surface area contributed by atoms with E-state index in [0.717, 1.165) is 48.6 Å². The second kappa shape index (κ2) is 9.43. The molecule has 2 heterocycles. The van der Waals surface area contributed by atoms with Gasteiger partial charge in [0.25, 0.3) is 0 Å². The van der Waals surface area contributed by atoms with Crippen LogP contribution in [-0.2, 0) is 12.8 Å². The van der Waals surface area contributed by atoms with Crippen LogP contribution in [0.3, 0.4) is 0 Å². The third-order valence-corrected chi connectivity index (χ3v) is 5.73. The first kappa shape index (κ1) is 22.0. The molecule has 1 unspecified atom stereocenters. The summed E-state index contributed by atoms with van der Waals surface area (Å²) in [6, 6.07) is 15.3. The summed E-state index contributed by atoms with van der Waals surface area (Å²) in [6.07, 6.45) is 2.86. The number of anilines is 3. The molecule has 158 valence electrons. The molecule has 4 rings (SSSR count). The third kappa shape index (κ3) is 4.26. The predicted octanol–water partition coefficient (Wildman–Crippen LogP) is 6.17. The molecule has 30 heavy (non-hydrogen) atoms. The van der Waals surface area contributed by atoms with E-state index in [0.29, 0.717) is 12.0 Å². The van der Waals surface area contributed by atoms with Crippen LogP contribution >= 0.6 is 12.4 Å². The van der Waals surface area contributed by atoms with Gasteiger partial charge in [-0.2, -0.15) is 4.98 Å². The number of benzene rings is 2. The number of rotatable bonds is 5. The summed E-state index contributed by atoms with van der Waals surface area (Å²) in [5, 5.41) is 3.25. The molecule has 1 atom stereocenters. The Labute approximate surface area is 184 Å². The Balaban J connectivity index is 0.00000256. The van der Waals surface area contributed by atoms with Crippen molar-refractivity contribution in [2.45, 2.75) is 46.1 Å². The molecule has 0 aliphatic carbocycles. The number of hydrogen-bond acceptors (Lipinski definition) is 4. The van der Waals surface area contributed by atoms with Crippen molar-refractivity contribution < 1.29 is 4.39 Å². The van der Waals surface area contributed by atoms with Crippen LogP contribution in [0.4, 0.5) is 21.8 Å². The Morgan fingerprint density at radius 3 is 2.50 bits per heavy atom. The fraction of sp³-hybridized carbons (Fsp3) is 0.333. The lowest BCUT2D eigenvalue weighted by atomic mass is 9.91. The first-order valence-corrected chi connectivity index (χ1v) is 10.3. The molecule has 0 spiro atoms. The summed E-state index contributed by atoms with van der Waals surface area (Å²) in [5.41, 5.74) is 5.77. The molecule has 0 fully saturated rings. The minimum atomic E-state index is -0.256. The van der Waals surface area contributed by atoms with E-state index in [-0.39, 0.29) is 18.2 Å². The molecule has 0 saturated heterocycles. The molecule has 0 radical (unpaired) electrons. The lowest BCUT2D eigenvalue weighted by Gasteiger charge is -2.39. The molecule has 1 N–H and O–H groups in total. The fourth-order valence-electron chi connectivity index (χ4n) is 4.24. The van der Waals surface area contributed by atoms with E-state index in [1.807, 2.05) is 0 Å². The molecular formula is C24H28ClFN4. The second-order valence-electron chi connectivity index (χ2n) is 7.49. The smallest absolute Gasteiger partial charge is 0.229 e. The number of aromatic nitrogens is 2. The monoisotopic (exact) mass is 426 g/mol. The number of aryl methyl sites for hydroxylation is 1. The quantitative estimate of drug-likeness (QED) is 0.530. The highest BCUT2D eigenvalue weighted by atomic mass is 35.5. The van der Waals surface area contributed by atoms with Crippen molar-refractivity contribution in [3.8, 4) is 0 Å². The molecule has 0 bridgehead atoms. The predicted molar refractivity (Wildman–Crippen MR) is 124 cm³/mol. The van der Waals surface area contributed by atoms with Gasteiger partial charge in [-0.15, -0.1) is 12.4 Å². The van der Waals surface area contributed by atoms with Crippen LogP contribution < -0.4 is 10.2 Å². The SMILES string of the molecule is CCc1nc(Nc2ccc(F)cc2)nc(N2CCc3ccccc3C2CC)c1C.Cl. The van der Waals surface area contributed by atoms with Gasteiger partial charge in [0.05, 0.1) is 11.7 Å². The van der Waals surface area contributed by atoms with Crippen molar-refractivity contribution in [1.29, 1.82) is 0 Å². The Kier molecular flexibility index (Phi) is 6.93. The maximum atomic E-state index is 13.2. The lowest BCUT2D eigenvalue weighted by molar-refractivity contribution is 0.559. The number of halogens is 2. The molecule has 4 nitrogen and oxygen atoms in total. The zero-order chi connectivity index (χ0) is 20.4. The first-order chi connectivity index (χ1) is 14.1. The van der Waals surface area contributed by atoms with Crippen LogP contribution in [0.2, 0.25) is 0 Å². The summed E-state index contributed by atoms with van der Waals surface area (Å²) in [4.78, 5) is 12.0. The summed E-state index contributed by atoms with van der Waals surface area (Å²) >= 11 is 0. The summed E-state index contributed by atoms with van der Waals surface area (Å²) in [7, 11) is 0. The fourth-order valence-corrected chi connectivity index (χ4v) is 4.24. The topological polar surface area (TPSA) is 41.1 Å². The van der Waals surface area contributed by atoms with Crippen molar-refractivity contribution in [3.05, 3.63) is 76.7 Å². The van der Waals surface area contributed by atoms with Gasteiger partial charge in [0.2, 0.25) is 5.95 Å². The molecule has 2 aromatic carbocycles. The second-order valence-corrected chi connectivity index (χ2v) is 7.49. The maximum absolute atomic E-state index is 13.2. The van der Waals surface area contributed by atoms with Crippen molar-refractivity contribution in [1.82, 2.24) is 9.97 Å². The molecule has 6 heteroatoms. The van der Waals surface area contributed by atoms with Crippen molar-refractivity contribution in [3.63, 3.8) is 0 Å². The van der Waals surface area contributed by atoms with Gasteiger partial charge < -0.3 is 10.2 Å². The number of nitrogens with one attached hydrogen (secondary N) is 1. The van der Waals surface area contributed by atoms with Crippen LogP contribution in [-0.4, -0.2) is 16.5 Å². The largest absolute Gasteiger partial charge is 0.349 e. The van der Waals surface area contributed by atoms with E-state index >= 15 is 0 Å². The van der Waals surface area contributed by atoms with Crippen LogP contribution in [0.5, 0.6) is 0 Å². The van der Waals surface area contributed by atoms with Crippen LogP contribution in [0.1, 0.15) is 48.7 Å². The average Bonchev–Trinajstić information content (AvgIpc) is 2.75. The van der Waals surface area contributed by atoms with Gasteiger partial charge in [-0.1, -0.05) is 38.1 Å². The van der Waals surface area contributed by atoms with E-state index in [1.54, 1.807) is 12.1 Å². The summed E-state index contributed by atoms with van der Waals surface area (Å²) < 4.78 is 13.2. The molecule has 1 aliphatic rings. The Hall–Kier alpha value is -2.66. The zero-order valence-electron chi connectivity index (χ0n) is 17.7. The molecule has 1 aromatic heterocycles. The van der Waals surface area contributed by atoms with E-state index in [4.69, 9.17) is 9.97 Å². The van der Waals surface area contributed by atoms with Gasteiger partial charge in [-0.25, -0.2) is 9.37 Å². The molecule has 3 aromatic rings. The minimum absolute atomic E-state index is 0. The van der Waals surface area contributed by atoms with Gasteiger partial charge in [-0.3, -0.25) is 0 Å². The van der Waals surface area contributed by atoms with Crippen LogP contribution in [0.15, 0.2) is 48.5 Å². The van der Waals surface area contributed by atoms with E-state index in [9.17, 15) is 4.39 Å². The van der Waals surface area contributed by atoms with Gasteiger partial charge in [0, 0.05) is 17.8 Å². The van der Waals surface area contributed by atoms with Crippen LogP contribution in [0.25, 0.3) is 0 Å². The van der Waals surface area contributed by atoms with E-state index in [1.165, 1.54) is 23.3 Å². The van der Waals surface area contributed by atoms with Crippen molar-refractivity contribution >= 4 is 29.9 Å². The van der Waals surface area contributed by atoms with Gasteiger partial charge in [-0.05, 0) is 61.6 Å². The standard InChI is InChI=1S/C24H27FN4.ClH/c1-4-21-16(3)23(28-24(27-21)26-19-12-10-18(25)11-13-19)29-15-14-17-8-6-7-9-20(17)22(29)5-2;/h6-13,22H,4-5,14-15H2,1-3H3,(H,26,27,28);1H. The lowest BCUT2D eigenvalue weighted by Crippen LogP contribution is -2.36. The summed E-state index contributed by atoms with van der Waals surface area (Å²) in [6.45, 7) is 7.40. The van der Waals surface area contributed by atoms with E-state index < -0.39 is 0 Å². The highest BCUT2D eigenvalue weighted by molar-refractivity contribution is 5.85. The van der Waals surface area contributed by atoms with Crippen molar-refractivity contribution in [2.24, 2.45) is 0 Å². The minimum Gasteiger partial charge on any atom is -0.349 e. The number of fused-ring (bicyclic) bond motifs is 1. The van der Waals surface area contributed by atoms with Gasteiger partial charge >= 0.3 is 0 Å². The first-order valence-electron chi connectivity index (χ1n) is 10.3. The summed E-state index contributed by atoms with van der Waals surface area (Å²) in [5.74, 6) is 1.29. The van der Waals surface area contributed by atoms with Crippen molar-refractivity contribution in [2.75, 3.05) is 16.8 Å². The van der Waals surface area contributed by atoms with Gasteiger partial charge in [0.15, 0.2) is 0 Å². The maximum Gasteiger partial charge on any atom is 0.229 e. The average molecular weight is 427 g/mol. The highest BCUT2D eigenvalue weighted by Crippen LogP contribution is 2.37. The van der Waals surface area contributed by atoms with Gasteiger partial charge in [0.1, 0.15) is 11.6 Å². The van der Waals surface area contributed by atoms with Crippen LogP contribution in [0, 0.1) is 12.7 Å². The Morgan fingerprint density at radius 1 is 1.07 bits per heavy atom. The highest BCUT2D eigenvalue weighted by Gasteiger charge is 2.28. The third-order valence-electron chi connectivity index (χ3n) is 5.73. The number of nitrogens with zero attached hydrogens (tertiary/aromatic N) is 3. The molecule has 0 amide bonds. The number of hydrogen-bond donors (Lipinski definition) is 1. The Morgan fingerprint density at radius 2 is 1.80 bits per heavy atom.